The van der Waals surface area contributed by atoms with E-state index in [1.54, 1.807) is 30.5 Å². The van der Waals surface area contributed by atoms with Crippen LogP contribution in [-0.4, -0.2) is 70.4 Å². The van der Waals surface area contributed by atoms with E-state index < -0.39 is 17.9 Å². The molecule has 6 rings (SSSR count). The Bertz CT molecular complexity index is 1520. The summed E-state index contributed by atoms with van der Waals surface area (Å²) in [5, 5.41) is 3.29. The number of Topliss-reactive ketones (excluding diaryl/α,β-unsaturated/α-hetero) is 2. The van der Waals surface area contributed by atoms with E-state index in [0.29, 0.717) is 31.1 Å². The van der Waals surface area contributed by atoms with Crippen LogP contribution in [0.5, 0.6) is 0 Å². The summed E-state index contributed by atoms with van der Waals surface area (Å²) < 4.78 is 14.1. The highest BCUT2D eigenvalue weighted by molar-refractivity contribution is 6.25. The first-order valence-corrected chi connectivity index (χ1v) is 13.8. The summed E-state index contributed by atoms with van der Waals surface area (Å²) in [6.07, 6.45) is 1.74. The Morgan fingerprint density at radius 1 is 0.878 bits per heavy atom. The van der Waals surface area contributed by atoms with E-state index in [1.807, 2.05) is 17.0 Å². The molecule has 3 aromatic rings. The van der Waals surface area contributed by atoms with E-state index in [2.05, 4.69) is 27.3 Å². The molecule has 2 fully saturated rings. The maximum absolute atomic E-state index is 14.1. The molecular formula is C31H30FN5O4. The number of aromatic nitrogens is 1. The van der Waals surface area contributed by atoms with Gasteiger partial charge in [-0.05, 0) is 41.8 Å². The average molecular weight is 556 g/mol. The number of piperazine rings is 1. The molecule has 10 heteroatoms. The second-order valence-electron chi connectivity index (χ2n) is 10.7. The van der Waals surface area contributed by atoms with Gasteiger partial charge in [0.25, 0.3) is 11.8 Å². The monoisotopic (exact) mass is 555 g/mol. The third-order valence-corrected chi connectivity index (χ3v) is 8.02. The zero-order chi connectivity index (χ0) is 28.5. The van der Waals surface area contributed by atoms with Crippen molar-refractivity contribution in [1.82, 2.24) is 14.8 Å². The first kappa shape index (κ1) is 26.8. The van der Waals surface area contributed by atoms with Crippen molar-refractivity contribution >= 4 is 34.9 Å². The highest BCUT2D eigenvalue weighted by atomic mass is 19.1. The lowest BCUT2D eigenvalue weighted by Crippen LogP contribution is -2.47. The second kappa shape index (κ2) is 11.2. The summed E-state index contributed by atoms with van der Waals surface area (Å²) in [6.45, 7) is 4.28. The fourth-order valence-electron chi connectivity index (χ4n) is 5.81. The molecule has 1 atom stereocenters. The van der Waals surface area contributed by atoms with Gasteiger partial charge in [0.15, 0.2) is 17.4 Å². The number of rotatable bonds is 7. The molecule has 2 amide bonds. The van der Waals surface area contributed by atoms with Gasteiger partial charge in [0.2, 0.25) is 0 Å². The minimum absolute atomic E-state index is 0.156. The third kappa shape index (κ3) is 5.35. The van der Waals surface area contributed by atoms with Gasteiger partial charge in [0.05, 0.1) is 23.6 Å². The molecule has 210 valence electrons. The molecule has 0 spiro atoms. The minimum atomic E-state index is -0.889. The van der Waals surface area contributed by atoms with Crippen LogP contribution in [-0.2, 0) is 22.7 Å². The van der Waals surface area contributed by atoms with Crippen LogP contribution in [0.25, 0.3) is 0 Å². The van der Waals surface area contributed by atoms with Gasteiger partial charge in [0.1, 0.15) is 5.78 Å². The van der Waals surface area contributed by atoms with Gasteiger partial charge < -0.3 is 10.2 Å². The van der Waals surface area contributed by atoms with E-state index in [-0.39, 0.29) is 47.8 Å². The number of ketones is 2. The fourth-order valence-corrected chi connectivity index (χ4v) is 5.81. The molecule has 2 aliphatic heterocycles. The Hall–Kier alpha value is -4.44. The number of pyridine rings is 1. The maximum atomic E-state index is 14.1. The number of carbonyl (C=O) groups excluding carboxylic acids is 4. The highest BCUT2D eigenvalue weighted by Gasteiger charge is 2.45. The molecule has 1 unspecified atom stereocenters. The molecule has 1 N–H and O–H groups in total. The lowest BCUT2D eigenvalue weighted by molar-refractivity contribution is -0.132. The molecule has 3 heterocycles. The van der Waals surface area contributed by atoms with Crippen molar-refractivity contribution in [1.29, 1.82) is 0 Å². The number of fused-ring (bicyclic) bond motifs is 1. The van der Waals surface area contributed by atoms with Crippen molar-refractivity contribution in [3.8, 4) is 0 Å². The number of hydrogen-bond donors (Lipinski definition) is 1. The number of nitrogens with zero attached hydrogens (tertiary/aromatic N) is 4. The Morgan fingerprint density at radius 2 is 1.63 bits per heavy atom. The fraction of sp³-hybridized carbons (Fsp3) is 0.323. The molecule has 2 aromatic carbocycles. The molecule has 1 saturated heterocycles. The van der Waals surface area contributed by atoms with Crippen LogP contribution in [0.2, 0.25) is 0 Å². The van der Waals surface area contributed by atoms with Gasteiger partial charge in [-0.3, -0.25) is 29.0 Å². The molecule has 9 nitrogen and oxygen atoms in total. The van der Waals surface area contributed by atoms with Crippen molar-refractivity contribution in [3.63, 3.8) is 0 Å². The molecule has 0 radical (unpaired) electrons. The van der Waals surface area contributed by atoms with Gasteiger partial charge >= 0.3 is 0 Å². The van der Waals surface area contributed by atoms with E-state index >= 15 is 0 Å². The zero-order valence-corrected chi connectivity index (χ0v) is 22.5. The van der Waals surface area contributed by atoms with Crippen LogP contribution in [0.1, 0.15) is 51.1 Å². The number of benzene rings is 2. The summed E-state index contributed by atoms with van der Waals surface area (Å²) in [5.41, 5.74) is 3.25. The SMILES string of the molecule is O=C1CCC(N2C(=O)c3cccc(NCc4ccc(CN5CCN(c6ncccc6F)CC5)cc4)c3C2=O)C(=O)C1. The Morgan fingerprint density at radius 3 is 2.37 bits per heavy atom. The summed E-state index contributed by atoms with van der Waals surface area (Å²) in [6, 6.07) is 15.4. The lowest BCUT2D eigenvalue weighted by atomic mass is 9.92. The topological polar surface area (TPSA) is 103 Å². The average Bonchev–Trinajstić information content (AvgIpc) is 3.23. The van der Waals surface area contributed by atoms with Gasteiger partial charge in [-0.15, -0.1) is 0 Å². The predicted molar refractivity (Wildman–Crippen MR) is 150 cm³/mol. The van der Waals surface area contributed by atoms with Crippen LogP contribution >= 0.6 is 0 Å². The summed E-state index contributed by atoms with van der Waals surface area (Å²) in [7, 11) is 0. The number of amides is 2. The van der Waals surface area contributed by atoms with Crippen LogP contribution < -0.4 is 10.2 Å². The summed E-state index contributed by atoms with van der Waals surface area (Å²) in [4.78, 5) is 60.0. The number of anilines is 2. The van der Waals surface area contributed by atoms with Gasteiger partial charge in [-0.2, -0.15) is 0 Å². The van der Waals surface area contributed by atoms with Crippen molar-refractivity contribution < 1.29 is 23.6 Å². The molecular weight excluding hydrogens is 525 g/mol. The summed E-state index contributed by atoms with van der Waals surface area (Å²) >= 11 is 0. The van der Waals surface area contributed by atoms with Crippen molar-refractivity contribution in [2.75, 3.05) is 36.4 Å². The Balaban J connectivity index is 1.06. The molecule has 1 aromatic heterocycles. The van der Waals surface area contributed by atoms with E-state index in [0.717, 1.165) is 30.1 Å². The highest BCUT2D eigenvalue weighted by Crippen LogP contribution is 2.33. The van der Waals surface area contributed by atoms with Crippen molar-refractivity contribution in [2.45, 2.75) is 38.4 Å². The zero-order valence-electron chi connectivity index (χ0n) is 22.5. The van der Waals surface area contributed by atoms with Crippen molar-refractivity contribution in [2.24, 2.45) is 0 Å². The normalized spacial score (nSPS) is 19.6. The van der Waals surface area contributed by atoms with Crippen molar-refractivity contribution in [3.05, 3.63) is 88.9 Å². The first-order valence-electron chi connectivity index (χ1n) is 13.8. The van der Waals surface area contributed by atoms with Gasteiger partial charge in [0, 0.05) is 57.6 Å². The largest absolute Gasteiger partial charge is 0.380 e. The van der Waals surface area contributed by atoms with Crippen LogP contribution in [0.3, 0.4) is 0 Å². The van der Waals surface area contributed by atoms with Gasteiger partial charge in [-0.1, -0.05) is 30.3 Å². The second-order valence-corrected chi connectivity index (χ2v) is 10.7. The number of halogens is 1. The lowest BCUT2D eigenvalue weighted by Gasteiger charge is -2.35. The quantitative estimate of drug-likeness (QED) is 0.350. The third-order valence-electron chi connectivity index (χ3n) is 8.02. The molecule has 1 saturated carbocycles. The van der Waals surface area contributed by atoms with E-state index in [4.69, 9.17) is 0 Å². The van der Waals surface area contributed by atoms with E-state index in [1.165, 1.54) is 11.6 Å². The number of imide groups is 1. The van der Waals surface area contributed by atoms with Crippen LogP contribution in [0.4, 0.5) is 15.9 Å². The molecule has 0 bridgehead atoms. The summed E-state index contributed by atoms with van der Waals surface area (Å²) in [5.74, 6) is -1.41. The standard InChI is InChI=1S/C31H30FN5O4/c32-24-4-2-12-33-29(24)36-15-13-35(14-16-36)19-21-8-6-20(7-9-21)18-34-25-5-1-3-23-28(25)31(41)37(30(23)40)26-11-10-22(38)17-27(26)39/h1-9,12,26,34H,10-11,13-19H2. The smallest absolute Gasteiger partial charge is 0.264 e. The predicted octanol–water partition coefficient (Wildman–Crippen LogP) is 3.44. The minimum Gasteiger partial charge on any atom is -0.380 e. The Labute approximate surface area is 236 Å². The van der Waals surface area contributed by atoms with Gasteiger partial charge in [-0.25, -0.2) is 9.37 Å². The maximum Gasteiger partial charge on any atom is 0.264 e. The number of nitrogens with one attached hydrogen (secondary N) is 1. The Kier molecular flexibility index (Phi) is 7.32. The molecule has 41 heavy (non-hydrogen) atoms. The molecule has 3 aliphatic rings. The molecule has 1 aliphatic carbocycles. The van der Waals surface area contributed by atoms with Crippen LogP contribution in [0.15, 0.2) is 60.8 Å². The number of carbonyl (C=O) groups is 4. The first-order chi connectivity index (χ1) is 19.9. The number of hydrogen-bond acceptors (Lipinski definition) is 8. The van der Waals surface area contributed by atoms with Crippen LogP contribution in [0, 0.1) is 5.82 Å². The van der Waals surface area contributed by atoms with E-state index in [9.17, 15) is 23.6 Å².